The van der Waals surface area contributed by atoms with Crippen LogP contribution in [0.5, 0.6) is 0 Å². The first-order valence-corrected chi connectivity index (χ1v) is 13.0. The molecule has 178 valence electrons. The van der Waals surface area contributed by atoms with Gasteiger partial charge in [0.15, 0.2) is 0 Å². The minimum Gasteiger partial charge on any atom is -0.393 e. The third-order valence-corrected chi connectivity index (χ3v) is 10.7. The first-order chi connectivity index (χ1) is 14.7. The lowest BCUT2D eigenvalue weighted by molar-refractivity contribution is -0.174. The summed E-state index contributed by atoms with van der Waals surface area (Å²) in [5.41, 5.74) is 6.07. The van der Waals surface area contributed by atoms with E-state index in [1.165, 1.54) is 25.7 Å². The minimum atomic E-state index is -0.214. The molecule has 0 radical (unpaired) electrons. The number of fused-ring (bicyclic) bond motifs is 5. The smallest absolute Gasteiger partial charge is 0.220 e. The number of carbonyl (C=O) groups excluding carboxylic acids is 1. The molecule has 0 heterocycles. The van der Waals surface area contributed by atoms with Gasteiger partial charge in [-0.2, -0.15) is 0 Å². The quantitative estimate of drug-likeness (QED) is 0.515. The molecule has 5 heteroatoms. The highest BCUT2D eigenvalue weighted by Gasteiger charge is 2.62. The van der Waals surface area contributed by atoms with E-state index in [1.54, 1.807) is 0 Å². The molecule has 0 aromatic carbocycles. The third-order valence-electron chi connectivity index (χ3n) is 10.7. The van der Waals surface area contributed by atoms with Crippen molar-refractivity contribution in [1.29, 1.82) is 0 Å². The Morgan fingerprint density at radius 3 is 2.52 bits per heavy atom. The number of rotatable bonds is 6. The molecular weight excluding hydrogens is 388 g/mol. The molecule has 0 aromatic rings. The highest BCUT2D eigenvalue weighted by atomic mass is 16.3. The second kappa shape index (κ2) is 8.95. The fourth-order valence-corrected chi connectivity index (χ4v) is 9.04. The van der Waals surface area contributed by atoms with Gasteiger partial charge in [-0.1, -0.05) is 20.8 Å². The Hall–Kier alpha value is -0.650. The van der Waals surface area contributed by atoms with Gasteiger partial charge in [-0.3, -0.25) is 4.79 Å². The summed E-state index contributed by atoms with van der Waals surface area (Å²) < 4.78 is 0. The van der Waals surface area contributed by atoms with Crippen molar-refractivity contribution in [1.82, 2.24) is 5.32 Å². The maximum atomic E-state index is 12.1. The van der Waals surface area contributed by atoms with Gasteiger partial charge in [-0.05, 0) is 104 Å². The van der Waals surface area contributed by atoms with E-state index in [9.17, 15) is 15.0 Å². The fraction of sp³-hybridized carbons (Fsp3) is 0.962. The molecule has 4 aliphatic rings. The number of nitrogens with two attached hydrogens (primary N) is 1. The Kier molecular flexibility index (Phi) is 6.78. The summed E-state index contributed by atoms with van der Waals surface area (Å²) in [5, 5.41) is 24.5. The number of carbonyl (C=O) groups is 1. The monoisotopic (exact) mass is 434 g/mol. The summed E-state index contributed by atoms with van der Waals surface area (Å²) in [6, 6.07) is 0. The molecule has 0 unspecified atom stereocenters. The van der Waals surface area contributed by atoms with Crippen LogP contribution < -0.4 is 11.1 Å². The zero-order valence-corrected chi connectivity index (χ0v) is 20.0. The maximum Gasteiger partial charge on any atom is 0.220 e. The van der Waals surface area contributed by atoms with Crippen molar-refractivity contribution in [2.75, 3.05) is 13.1 Å². The normalized spacial score (nSPS) is 47.7. The number of hydrogen-bond donors (Lipinski definition) is 4. The van der Waals surface area contributed by atoms with Gasteiger partial charge < -0.3 is 21.3 Å². The van der Waals surface area contributed by atoms with Crippen molar-refractivity contribution in [2.24, 2.45) is 52.1 Å². The van der Waals surface area contributed by atoms with Gasteiger partial charge in [0.05, 0.1) is 12.2 Å². The number of aliphatic hydroxyl groups is 2. The molecule has 0 bridgehead atoms. The van der Waals surface area contributed by atoms with E-state index in [2.05, 4.69) is 26.1 Å². The van der Waals surface area contributed by atoms with E-state index < -0.39 is 0 Å². The summed E-state index contributed by atoms with van der Waals surface area (Å²) in [5.74, 6) is 3.39. The number of nitrogens with one attached hydrogen (secondary N) is 1. The van der Waals surface area contributed by atoms with E-state index in [4.69, 9.17) is 5.73 Å². The Labute approximate surface area is 188 Å². The van der Waals surface area contributed by atoms with Gasteiger partial charge in [0.25, 0.3) is 0 Å². The minimum absolute atomic E-state index is 0.127. The van der Waals surface area contributed by atoms with Crippen molar-refractivity contribution < 1.29 is 15.0 Å². The zero-order chi connectivity index (χ0) is 22.4. The average molecular weight is 435 g/mol. The van der Waals surface area contributed by atoms with Crippen molar-refractivity contribution in [3.63, 3.8) is 0 Å². The van der Waals surface area contributed by atoms with Crippen molar-refractivity contribution >= 4 is 5.91 Å². The summed E-state index contributed by atoms with van der Waals surface area (Å²) in [7, 11) is 0. The third kappa shape index (κ3) is 4.08. The fourth-order valence-electron chi connectivity index (χ4n) is 9.04. The zero-order valence-electron chi connectivity index (χ0n) is 20.0. The second-order valence-corrected chi connectivity index (χ2v) is 12.1. The Morgan fingerprint density at radius 2 is 1.77 bits per heavy atom. The van der Waals surface area contributed by atoms with Crippen LogP contribution in [-0.4, -0.2) is 41.4 Å². The molecule has 0 spiro atoms. The molecular formula is C26H46N2O3. The molecule has 4 rings (SSSR count). The van der Waals surface area contributed by atoms with Crippen LogP contribution in [0.15, 0.2) is 0 Å². The molecule has 4 aliphatic carbocycles. The van der Waals surface area contributed by atoms with E-state index in [0.29, 0.717) is 55.0 Å². The van der Waals surface area contributed by atoms with Crippen LogP contribution >= 0.6 is 0 Å². The van der Waals surface area contributed by atoms with Gasteiger partial charge in [0.2, 0.25) is 5.91 Å². The van der Waals surface area contributed by atoms with Crippen molar-refractivity contribution in [3.05, 3.63) is 0 Å². The number of hydrogen-bond acceptors (Lipinski definition) is 4. The Bertz CT molecular complexity index is 657. The molecule has 5 N–H and O–H groups in total. The van der Waals surface area contributed by atoms with E-state index in [-0.39, 0.29) is 28.9 Å². The summed E-state index contributed by atoms with van der Waals surface area (Å²) in [6.45, 7) is 8.38. The summed E-state index contributed by atoms with van der Waals surface area (Å²) in [6.07, 6.45) is 9.90. The van der Waals surface area contributed by atoms with Crippen LogP contribution in [0.2, 0.25) is 0 Å². The van der Waals surface area contributed by atoms with Crippen LogP contribution in [0.1, 0.15) is 85.0 Å². The van der Waals surface area contributed by atoms with Crippen LogP contribution in [0.25, 0.3) is 0 Å². The van der Waals surface area contributed by atoms with E-state index in [1.807, 2.05) is 0 Å². The summed E-state index contributed by atoms with van der Waals surface area (Å²) in [4.78, 5) is 12.1. The first kappa shape index (κ1) is 23.5. The van der Waals surface area contributed by atoms with E-state index >= 15 is 0 Å². The predicted octanol–water partition coefficient (Wildman–Crippen LogP) is 3.47. The van der Waals surface area contributed by atoms with E-state index in [0.717, 1.165) is 32.1 Å². The van der Waals surface area contributed by atoms with Crippen LogP contribution in [0.3, 0.4) is 0 Å². The average Bonchev–Trinajstić information content (AvgIpc) is 3.09. The van der Waals surface area contributed by atoms with Gasteiger partial charge in [-0.25, -0.2) is 0 Å². The molecule has 0 aromatic heterocycles. The van der Waals surface area contributed by atoms with Gasteiger partial charge in [0, 0.05) is 19.5 Å². The van der Waals surface area contributed by atoms with Gasteiger partial charge in [-0.15, -0.1) is 0 Å². The first-order valence-electron chi connectivity index (χ1n) is 13.0. The highest BCUT2D eigenvalue weighted by Crippen LogP contribution is 2.68. The standard InChI is InChI=1S/C26H46N2O3/c1-16(4-7-23(31)28-13-12-27)19-5-6-20-24-21(9-11-26(19,20)3)25(2)10-8-18(29)14-17(25)15-22(24)30/h16-22,24,29-30H,4-15,27H2,1-3H3,(H,28,31)/t16-,17+,18-,19+,20+,21+,22-,24+,25+,26-/m1/s1. The SMILES string of the molecule is C[C@H](CCC(=O)NCCN)[C@@H]1CC[C@H]2[C@@H]3[C@H](O)C[C@@H]4C[C@H](O)CC[C@]4(C)[C@H]3CC[C@@]21C. The van der Waals surface area contributed by atoms with Gasteiger partial charge >= 0.3 is 0 Å². The molecule has 5 nitrogen and oxygen atoms in total. The highest BCUT2D eigenvalue weighted by molar-refractivity contribution is 5.75. The topological polar surface area (TPSA) is 95.6 Å². The van der Waals surface area contributed by atoms with Crippen molar-refractivity contribution in [3.8, 4) is 0 Å². The number of aliphatic hydroxyl groups excluding tert-OH is 2. The molecule has 0 aliphatic heterocycles. The molecule has 10 atom stereocenters. The largest absolute Gasteiger partial charge is 0.393 e. The number of amides is 1. The van der Waals surface area contributed by atoms with Crippen molar-refractivity contribution in [2.45, 2.75) is 97.2 Å². The summed E-state index contributed by atoms with van der Waals surface area (Å²) >= 11 is 0. The predicted molar refractivity (Wildman–Crippen MR) is 123 cm³/mol. The Balaban J connectivity index is 1.46. The van der Waals surface area contributed by atoms with Crippen LogP contribution in [0.4, 0.5) is 0 Å². The molecule has 0 saturated heterocycles. The Morgan fingerprint density at radius 1 is 1.06 bits per heavy atom. The molecule has 1 amide bonds. The van der Waals surface area contributed by atoms with Crippen LogP contribution in [0, 0.1) is 46.3 Å². The lowest BCUT2D eigenvalue weighted by Gasteiger charge is -2.62. The second-order valence-electron chi connectivity index (χ2n) is 12.1. The van der Waals surface area contributed by atoms with Gasteiger partial charge in [0.1, 0.15) is 0 Å². The lowest BCUT2D eigenvalue weighted by atomic mass is 9.43. The maximum absolute atomic E-state index is 12.1. The molecule has 4 fully saturated rings. The lowest BCUT2D eigenvalue weighted by Crippen LogP contribution is -2.58. The molecule has 4 saturated carbocycles. The molecule has 31 heavy (non-hydrogen) atoms. The van der Waals surface area contributed by atoms with Crippen LogP contribution in [-0.2, 0) is 4.79 Å².